The molecule has 98 valence electrons. The second-order valence-corrected chi connectivity index (χ2v) is 4.70. The molecule has 0 aliphatic rings. The zero-order valence-corrected chi connectivity index (χ0v) is 11.8. The van der Waals surface area contributed by atoms with Crippen LogP contribution in [0.3, 0.4) is 0 Å². The van der Waals surface area contributed by atoms with E-state index in [0.717, 1.165) is 29.7 Å². The van der Waals surface area contributed by atoms with Gasteiger partial charge in [-0.15, -0.1) is 0 Å². The first-order valence-electron chi connectivity index (χ1n) is 6.27. The average molecular weight is 264 g/mol. The van der Waals surface area contributed by atoms with Crippen LogP contribution in [-0.2, 0) is 17.6 Å². The molecule has 0 aliphatic heterocycles. The number of nitrogens with two attached hydrogens (primary N) is 1. The first-order valence-corrected chi connectivity index (χ1v) is 6.68. The van der Waals surface area contributed by atoms with Crippen molar-refractivity contribution in [2.24, 2.45) is 5.73 Å². The summed E-state index contributed by atoms with van der Waals surface area (Å²) in [6.45, 7) is 4.17. The highest BCUT2D eigenvalue weighted by atomic mass is 32.1. The molecule has 1 aromatic rings. The van der Waals surface area contributed by atoms with Crippen molar-refractivity contribution in [3.63, 3.8) is 0 Å². The van der Waals surface area contributed by atoms with Crippen molar-refractivity contribution in [3.05, 3.63) is 29.3 Å². The van der Waals surface area contributed by atoms with Crippen LogP contribution in [0.5, 0.6) is 0 Å². The Hall–Kier alpha value is -1.42. The van der Waals surface area contributed by atoms with Gasteiger partial charge in [0.15, 0.2) is 0 Å². The topological polar surface area (TPSA) is 55.1 Å². The molecule has 1 rings (SSSR count). The third kappa shape index (κ3) is 4.11. The smallest absolute Gasteiger partial charge is 0.224 e. The molecule has 0 spiro atoms. The van der Waals surface area contributed by atoms with Crippen molar-refractivity contribution in [3.8, 4) is 0 Å². The number of benzene rings is 1. The fourth-order valence-electron chi connectivity index (χ4n) is 1.84. The summed E-state index contributed by atoms with van der Waals surface area (Å²) < 4.78 is 0. The van der Waals surface area contributed by atoms with E-state index in [0.29, 0.717) is 17.8 Å². The van der Waals surface area contributed by atoms with Gasteiger partial charge in [-0.05, 0) is 24.0 Å². The molecule has 0 saturated heterocycles. The number of anilines is 1. The molecule has 0 saturated carbocycles. The second-order valence-electron chi connectivity index (χ2n) is 4.17. The molecule has 3 nitrogen and oxygen atoms in total. The van der Waals surface area contributed by atoms with Crippen LogP contribution in [0.15, 0.2) is 18.2 Å². The number of carbonyl (C=O) groups excluding carboxylic acids is 1. The van der Waals surface area contributed by atoms with Gasteiger partial charge in [-0.2, -0.15) is 0 Å². The second kappa shape index (κ2) is 7.11. The van der Waals surface area contributed by atoms with Gasteiger partial charge in [-0.1, -0.05) is 44.3 Å². The summed E-state index contributed by atoms with van der Waals surface area (Å²) >= 11 is 4.77. The Morgan fingerprint density at radius 3 is 2.22 bits per heavy atom. The summed E-state index contributed by atoms with van der Waals surface area (Å²) in [6, 6.07) is 6.12. The number of carbonyl (C=O) groups is 1. The number of aryl methyl sites for hydroxylation is 2. The normalized spacial score (nSPS) is 10.1. The van der Waals surface area contributed by atoms with E-state index in [2.05, 4.69) is 19.2 Å². The van der Waals surface area contributed by atoms with E-state index in [1.165, 1.54) is 0 Å². The van der Waals surface area contributed by atoms with E-state index in [4.69, 9.17) is 18.0 Å². The van der Waals surface area contributed by atoms with E-state index in [9.17, 15) is 4.79 Å². The largest absolute Gasteiger partial charge is 0.393 e. The molecular weight excluding hydrogens is 244 g/mol. The molecule has 0 aromatic heterocycles. The summed E-state index contributed by atoms with van der Waals surface area (Å²) in [6.07, 6.45) is 2.60. The first-order chi connectivity index (χ1) is 8.58. The standard InChI is InChI=1S/C14H20N2OS/c1-3-10-6-5-7-11(4-2)14(10)16-13(17)9-8-12(15)18/h5-7H,3-4,8-9H2,1-2H3,(H2,15,18)(H,16,17). The Balaban J connectivity index is 2.82. The average Bonchev–Trinajstić information content (AvgIpc) is 2.36. The Morgan fingerprint density at radius 2 is 1.78 bits per heavy atom. The minimum Gasteiger partial charge on any atom is -0.393 e. The van der Waals surface area contributed by atoms with Crippen molar-refractivity contribution >= 4 is 28.8 Å². The molecule has 1 amide bonds. The summed E-state index contributed by atoms with van der Waals surface area (Å²) in [5, 5.41) is 2.98. The molecular formula is C14H20N2OS. The van der Waals surface area contributed by atoms with Gasteiger partial charge in [0, 0.05) is 18.5 Å². The maximum atomic E-state index is 11.8. The lowest BCUT2D eigenvalue weighted by molar-refractivity contribution is -0.116. The van der Waals surface area contributed by atoms with Gasteiger partial charge in [-0.25, -0.2) is 0 Å². The van der Waals surface area contributed by atoms with Gasteiger partial charge >= 0.3 is 0 Å². The highest BCUT2D eigenvalue weighted by Gasteiger charge is 2.09. The van der Waals surface area contributed by atoms with Gasteiger partial charge in [-0.3, -0.25) is 4.79 Å². The highest BCUT2D eigenvalue weighted by molar-refractivity contribution is 7.80. The molecule has 3 N–H and O–H groups in total. The molecule has 0 bridgehead atoms. The van der Waals surface area contributed by atoms with Gasteiger partial charge < -0.3 is 11.1 Å². The third-order valence-corrected chi connectivity index (χ3v) is 3.07. The molecule has 0 aliphatic carbocycles. The van der Waals surface area contributed by atoms with E-state index in [1.807, 2.05) is 18.2 Å². The lowest BCUT2D eigenvalue weighted by Crippen LogP contribution is -2.17. The van der Waals surface area contributed by atoms with Crippen molar-refractivity contribution in [2.45, 2.75) is 39.5 Å². The molecule has 0 unspecified atom stereocenters. The minimum atomic E-state index is -0.0293. The van der Waals surface area contributed by atoms with Crippen molar-refractivity contribution in [2.75, 3.05) is 5.32 Å². The Labute approximate surface area is 114 Å². The van der Waals surface area contributed by atoms with E-state index in [-0.39, 0.29) is 5.91 Å². The van der Waals surface area contributed by atoms with Crippen LogP contribution in [0.2, 0.25) is 0 Å². The number of nitrogens with one attached hydrogen (secondary N) is 1. The number of thiocarbonyl (C=S) groups is 1. The van der Waals surface area contributed by atoms with Crippen LogP contribution >= 0.6 is 12.2 Å². The molecule has 18 heavy (non-hydrogen) atoms. The maximum absolute atomic E-state index is 11.8. The van der Waals surface area contributed by atoms with Crippen LogP contribution in [0, 0.1) is 0 Å². The SMILES string of the molecule is CCc1cccc(CC)c1NC(=O)CCC(N)=S. The number of hydrogen-bond acceptors (Lipinski definition) is 2. The lowest BCUT2D eigenvalue weighted by atomic mass is 10.0. The van der Waals surface area contributed by atoms with Gasteiger partial charge in [0.2, 0.25) is 5.91 Å². The van der Waals surface area contributed by atoms with Crippen molar-refractivity contribution < 1.29 is 4.79 Å². The number of hydrogen-bond donors (Lipinski definition) is 2. The quantitative estimate of drug-likeness (QED) is 0.777. The summed E-state index contributed by atoms with van der Waals surface area (Å²) in [5.74, 6) is -0.0293. The highest BCUT2D eigenvalue weighted by Crippen LogP contribution is 2.22. The fourth-order valence-corrected chi connectivity index (χ4v) is 1.94. The molecule has 4 heteroatoms. The van der Waals surface area contributed by atoms with Crippen LogP contribution in [0.4, 0.5) is 5.69 Å². The monoisotopic (exact) mass is 264 g/mol. The van der Waals surface area contributed by atoms with Crippen molar-refractivity contribution in [1.82, 2.24) is 0 Å². The van der Waals surface area contributed by atoms with Gasteiger partial charge in [0.05, 0.1) is 4.99 Å². The minimum absolute atomic E-state index is 0.0293. The van der Waals surface area contributed by atoms with E-state index >= 15 is 0 Å². The van der Waals surface area contributed by atoms with Crippen LogP contribution in [-0.4, -0.2) is 10.9 Å². The summed E-state index contributed by atoms with van der Waals surface area (Å²) in [7, 11) is 0. The summed E-state index contributed by atoms with van der Waals surface area (Å²) in [5.41, 5.74) is 8.68. The predicted molar refractivity (Wildman–Crippen MR) is 79.8 cm³/mol. The van der Waals surface area contributed by atoms with E-state index < -0.39 is 0 Å². The maximum Gasteiger partial charge on any atom is 0.224 e. The Kier molecular flexibility index (Phi) is 5.78. The zero-order chi connectivity index (χ0) is 13.5. The first kappa shape index (κ1) is 14.6. The van der Waals surface area contributed by atoms with Crippen LogP contribution in [0.25, 0.3) is 0 Å². The van der Waals surface area contributed by atoms with Crippen LogP contribution < -0.4 is 11.1 Å². The molecule has 0 atom stereocenters. The molecule has 1 aromatic carbocycles. The van der Waals surface area contributed by atoms with Gasteiger partial charge in [0.25, 0.3) is 0 Å². The number of para-hydroxylation sites is 1. The van der Waals surface area contributed by atoms with E-state index in [1.54, 1.807) is 0 Å². The Bertz CT molecular complexity index is 421. The molecule has 0 fully saturated rings. The third-order valence-electron chi connectivity index (χ3n) is 2.86. The van der Waals surface area contributed by atoms with Crippen LogP contribution in [0.1, 0.15) is 37.8 Å². The summed E-state index contributed by atoms with van der Waals surface area (Å²) in [4.78, 5) is 12.2. The lowest BCUT2D eigenvalue weighted by Gasteiger charge is -2.14. The molecule has 0 heterocycles. The molecule has 0 radical (unpaired) electrons. The number of rotatable bonds is 6. The van der Waals surface area contributed by atoms with Crippen molar-refractivity contribution in [1.29, 1.82) is 0 Å². The fraction of sp³-hybridized carbons (Fsp3) is 0.429. The predicted octanol–water partition coefficient (Wildman–Crippen LogP) is 2.82. The zero-order valence-electron chi connectivity index (χ0n) is 11.0. The van der Waals surface area contributed by atoms with Gasteiger partial charge in [0.1, 0.15) is 0 Å². The number of amides is 1. The Morgan fingerprint density at radius 1 is 1.22 bits per heavy atom.